The van der Waals surface area contributed by atoms with Crippen molar-refractivity contribution in [1.82, 2.24) is 10.6 Å². The summed E-state index contributed by atoms with van der Waals surface area (Å²) < 4.78 is 5.50. The second-order valence-corrected chi connectivity index (χ2v) is 14.3. The number of nitrogens with two attached hydrogens (primary N) is 1. The molecule has 0 heterocycles. The van der Waals surface area contributed by atoms with E-state index in [2.05, 4.69) is 10.6 Å². The van der Waals surface area contributed by atoms with Crippen LogP contribution in [-0.4, -0.2) is 52.6 Å². The van der Waals surface area contributed by atoms with Crippen LogP contribution in [0.4, 0.5) is 4.79 Å². The molecular formula is C40H53N3O6. The summed E-state index contributed by atoms with van der Waals surface area (Å²) in [5.41, 5.74) is 7.67. The number of aliphatic hydroxyl groups excluding tert-OH is 1. The van der Waals surface area contributed by atoms with Crippen molar-refractivity contribution in [1.29, 1.82) is 0 Å². The van der Waals surface area contributed by atoms with Gasteiger partial charge in [0.1, 0.15) is 5.60 Å². The van der Waals surface area contributed by atoms with Crippen LogP contribution in [0.2, 0.25) is 0 Å². The molecule has 5 N–H and O–H groups in total. The fourth-order valence-corrected chi connectivity index (χ4v) is 5.84. The Bertz CT molecular complexity index is 1470. The Hall–Kier alpha value is -4.50. The first-order chi connectivity index (χ1) is 23.2. The molecule has 0 unspecified atom stereocenters. The normalized spacial score (nSPS) is 14.6. The first-order valence-electron chi connectivity index (χ1n) is 17.1. The molecule has 0 aliphatic carbocycles. The van der Waals surface area contributed by atoms with Crippen LogP contribution in [0.25, 0.3) is 0 Å². The molecule has 3 aromatic rings. The second kappa shape index (κ2) is 18.9. The van der Waals surface area contributed by atoms with Gasteiger partial charge in [-0.1, -0.05) is 105 Å². The zero-order valence-electron chi connectivity index (χ0n) is 29.4. The molecule has 49 heavy (non-hydrogen) atoms. The van der Waals surface area contributed by atoms with Gasteiger partial charge in [0.2, 0.25) is 11.8 Å². The first-order valence-corrected chi connectivity index (χ1v) is 17.1. The Morgan fingerprint density at radius 3 is 1.63 bits per heavy atom. The Balaban J connectivity index is 1.85. The van der Waals surface area contributed by atoms with Crippen LogP contribution in [0.3, 0.4) is 0 Å². The van der Waals surface area contributed by atoms with E-state index in [1.807, 2.05) is 105 Å². The standard InChI is InChI=1S/C40H53N3O6/c1-27(2)21-33(35(44)25-31(37(41)46)22-28-15-9-6-10-16-28)42-38(47)32(23-29-17-11-7-12-18-29)26-36(45)34(24-30-19-13-8-14-20-30)43-39(48)49-40(3,4)5/h6-20,27,31-34,36,45H,21-26H2,1-5H3,(H2,41,46)(H,42,47)(H,43,48)/t31-,32-,33+,34+,36-/m1/s1. The van der Waals surface area contributed by atoms with Gasteiger partial charge in [-0.2, -0.15) is 0 Å². The number of alkyl carbamates (subject to hydrolysis) is 1. The van der Waals surface area contributed by atoms with Gasteiger partial charge in [-0.15, -0.1) is 0 Å². The van der Waals surface area contributed by atoms with Gasteiger partial charge in [0.25, 0.3) is 0 Å². The van der Waals surface area contributed by atoms with Crippen LogP contribution < -0.4 is 16.4 Å². The van der Waals surface area contributed by atoms with Gasteiger partial charge in [-0.05, 0) is 75.5 Å². The van der Waals surface area contributed by atoms with Crippen molar-refractivity contribution < 1.29 is 29.0 Å². The second-order valence-electron chi connectivity index (χ2n) is 14.3. The summed E-state index contributed by atoms with van der Waals surface area (Å²) in [5.74, 6) is -2.62. The van der Waals surface area contributed by atoms with E-state index in [-0.39, 0.29) is 24.5 Å². The minimum Gasteiger partial charge on any atom is -0.444 e. The lowest BCUT2D eigenvalue weighted by Gasteiger charge is -2.30. The largest absolute Gasteiger partial charge is 0.444 e. The smallest absolute Gasteiger partial charge is 0.407 e. The number of aliphatic hydroxyl groups is 1. The zero-order chi connectivity index (χ0) is 36.0. The van der Waals surface area contributed by atoms with Gasteiger partial charge in [-0.3, -0.25) is 14.4 Å². The van der Waals surface area contributed by atoms with Crippen molar-refractivity contribution in [2.24, 2.45) is 23.5 Å². The third-order valence-corrected chi connectivity index (χ3v) is 8.27. The van der Waals surface area contributed by atoms with Crippen molar-refractivity contribution in [2.75, 3.05) is 0 Å². The number of ketones is 1. The highest BCUT2D eigenvalue weighted by Gasteiger charge is 2.33. The SMILES string of the molecule is CC(C)C[C@H](NC(=O)[C@H](Cc1ccccc1)C[C@@H](O)[C@H](Cc1ccccc1)NC(=O)OC(C)(C)C)C(=O)C[C@@H](Cc1ccccc1)C(N)=O. The van der Waals surface area contributed by atoms with Crippen LogP contribution in [0.15, 0.2) is 91.0 Å². The summed E-state index contributed by atoms with van der Waals surface area (Å²) in [5, 5.41) is 17.5. The number of hydrogen-bond acceptors (Lipinski definition) is 6. The molecule has 9 heteroatoms. The zero-order valence-corrected chi connectivity index (χ0v) is 29.4. The Morgan fingerprint density at radius 1 is 0.714 bits per heavy atom. The van der Waals surface area contributed by atoms with E-state index >= 15 is 0 Å². The molecule has 0 aliphatic heterocycles. The van der Waals surface area contributed by atoms with E-state index in [0.717, 1.165) is 16.7 Å². The van der Waals surface area contributed by atoms with E-state index in [9.17, 15) is 24.3 Å². The van der Waals surface area contributed by atoms with Crippen LogP contribution in [0.5, 0.6) is 0 Å². The molecule has 0 radical (unpaired) electrons. The van der Waals surface area contributed by atoms with Crippen molar-refractivity contribution in [3.05, 3.63) is 108 Å². The van der Waals surface area contributed by atoms with Gasteiger partial charge >= 0.3 is 6.09 Å². The third kappa shape index (κ3) is 14.3. The van der Waals surface area contributed by atoms with Crippen LogP contribution in [-0.2, 0) is 38.4 Å². The Labute approximate surface area is 291 Å². The maximum atomic E-state index is 14.1. The molecule has 0 aliphatic rings. The average Bonchev–Trinajstić information content (AvgIpc) is 3.03. The molecule has 264 valence electrons. The number of Topliss-reactive ketones (excluding diaryl/α,β-unsaturated/α-hetero) is 1. The summed E-state index contributed by atoms with van der Waals surface area (Å²) in [6.45, 7) is 9.21. The van der Waals surface area contributed by atoms with Crippen molar-refractivity contribution in [3.63, 3.8) is 0 Å². The number of rotatable bonds is 18. The first kappa shape index (κ1) is 38.9. The quantitative estimate of drug-likeness (QED) is 0.139. The lowest BCUT2D eigenvalue weighted by molar-refractivity contribution is -0.132. The van der Waals surface area contributed by atoms with Gasteiger partial charge < -0.3 is 26.2 Å². The van der Waals surface area contributed by atoms with Gasteiger partial charge in [0.15, 0.2) is 5.78 Å². The predicted octanol–water partition coefficient (Wildman–Crippen LogP) is 5.57. The molecule has 9 nitrogen and oxygen atoms in total. The summed E-state index contributed by atoms with van der Waals surface area (Å²) in [6, 6.07) is 26.7. The van der Waals surface area contributed by atoms with E-state index in [1.54, 1.807) is 20.8 Å². The topological polar surface area (TPSA) is 148 Å². The summed E-state index contributed by atoms with van der Waals surface area (Å²) >= 11 is 0. The fraction of sp³-hybridized carbons (Fsp3) is 0.450. The van der Waals surface area contributed by atoms with Crippen LogP contribution in [0.1, 0.15) is 70.6 Å². The van der Waals surface area contributed by atoms with E-state index < -0.39 is 53.5 Å². The molecular weight excluding hydrogens is 618 g/mol. The van der Waals surface area contributed by atoms with Gasteiger partial charge in [-0.25, -0.2) is 4.79 Å². The molecule has 3 aromatic carbocycles. The molecule has 0 fully saturated rings. The highest BCUT2D eigenvalue weighted by atomic mass is 16.6. The third-order valence-electron chi connectivity index (χ3n) is 8.27. The number of carbonyl (C=O) groups excluding carboxylic acids is 4. The number of ether oxygens (including phenoxy) is 1. The minimum atomic E-state index is -1.13. The van der Waals surface area contributed by atoms with E-state index in [1.165, 1.54) is 0 Å². The van der Waals surface area contributed by atoms with Crippen LogP contribution in [0, 0.1) is 17.8 Å². The highest BCUT2D eigenvalue weighted by Crippen LogP contribution is 2.22. The molecule has 0 saturated heterocycles. The average molecular weight is 672 g/mol. The highest BCUT2D eigenvalue weighted by molar-refractivity contribution is 5.92. The fourth-order valence-electron chi connectivity index (χ4n) is 5.84. The summed E-state index contributed by atoms with van der Waals surface area (Å²) in [7, 11) is 0. The number of hydrogen-bond donors (Lipinski definition) is 4. The number of primary amides is 1. The summed E-state index contributed by atoms with van der Waals surface area (Å²) in [6.07, 6.45) is -0.587. The number of carbonyl (C=O) groups is 4. The Morgan fingerprint density at radius 2 is 1.18 bits per heavy atom. The predicted molar refractivity (Wildman–Crippen MR) is 191 cm³/mol. The maximum absolute atomic E-state index is 14.1. The number of amides is 3. The van der Waals surface area contributed by atoms with Crippen LogP contribution >= 0.6 is 0 Å². The van der Waals surface area contributed by atoms with E-state index in [0.29, 0.717) is 25.7 Å². The van der Waals surface area contributed by atoms with E-state index in [4.69, 9.17) is 10.5 Å². The molecule has 3 amide bonds. The lowest BCUT2D eigenvalue weighted by atomic mass is 9.87. The van der Waals surface area contributed by atoms with Crippen molar-refractivity contribution in [2.45, 2.75) is 96.9 Å². The summed E-state index contributed by atoms with van der Waals surface area (Å²) in [4.78, 5) is 53.1. The van der Waals surface area contributed by atoms with Crippen molar-refractivity contribution in [3.8, 4) is 0 Å². The monoisotopic (exact) mass is 671 g/mol. The van der Waals surface area contributed by atoms with Crippen molar-refractivity contribution >= 4 is 23.7 Å². The number of benzene rings is 3. The number of nitrogens with one attached hydrogen (secondary N) is 2. The van der Waals surface area contributed by atoms with Gasteiger partial charge in [0.05, 0.1) is 18.2 Å². The molecule has 0 bridgehead atoms. The maximum Gasteiger partial charge on any atom is 0.407 e. The Kier molecular flexibility index (Phi) is 15.0. The molecule has 0 saturated carbocycles. The minimum absolute atomic E-state index is 0.00847. The molecule has 5 atom stereocenters. The van der Waals surface area contributed by atoms with Gasteiger partial charge in [0, 0.05) is 18.3 Å². The molecule has 3 rings (SSSR count). The molecule has 0 aromatic heterocycles. The molecule has 0 spiro atoms. The lowest BCUT2D eigenvalue weighted by Crippen LogP contribution is -2.50.